The first-order chi connectivity index (χ1) is 9.41. The molecule has 0 radical (unpaired) electrons. The largest absolute Gasteiger partial charge is 0.490 e. The normalized spacial score (nSPS) is 11.1. The first kappa shape index (κ1) is 16.2. The van der Waals surface area contributed by atoms with Crippen molar-refractivity contribution in [3.8, 4) is 5.75 Å². The van der Waals surface area contributed by atoms with E-state index in [0.29, 0.717) is 6.54 Å². The Kier molecular flexibility index (Phi) is 5.71. The Morgan fingerprint density at radius 3 is 2.65 bits per heavy atom. The molecule has 0 aromatic heterocycles. The van der Waals surface area contributed by atoms with Crippen LogP contribution in [0.1, 0.15) is 6.92 Å². The fourth-order valence-corrected chi connectivity index (χ4v) is 2.59. The summed E-state index contributed by atoms with van der Waals surface area (Å²) in [5, 5.41) is 13.8. The molecule has 0 aliphatic rings. The van der Waals surface area contributed by atoms with Crippen LogP contribution < -0.4 is 14.8 Å². The van der Waals surface area contributed by atoms with E-state index in [9.17, 15) is 18.5 Å². The Morgan fingerprint density at radius 2 is 2.10 bits per heavy atom. The van der Waals surface area contributed by atoms with E-state index >= 15 is 0 Å². The highest BCUT2D eigenvalue weighted by molar-refractivity contribution is 7.89. The number of hydrogen-bond donors (Lipinski definition) is 2. The lowest BCUT2D eigenvalue weighted by atomic mass is 10.2. The van der Waals surface area contributed by atoms with Crippen molar-refractivity contribution < 1.29 is 18.1 Å². The predicted octanol–water partition coefficient (Wildman–Crippen LogP) is 0.955. The average molecular weight is 303 g/mol. The first-order valence-corrected chi connectivity index (χ1v) is 7.59. The Balaban J connectivity index is 2.81. The second-order valence-corrected chi connectivity index (χ2v) is 5.78. The molecule has 0 unspecified atom stereocenters. The van der Waals surface area contributed by atoms with Crippen LogP contribution in [0.2, 0.25) is 0 Å². The van der Waals surface area contributed by atoms with Gasteiger partial charge in [-0.2, -0.15) is 0 Å². The number of nitrogens with one attached hydrogen (secondary N) is 2. The average Bonchev–Trinajstić information content (AvgIpc) is 2.37. The van der Waals surface area contributed by atoms with Crippen LogP contribution in [-0.4, -0.2) is 39.3 Å². The lowest BCUT2D eigenvalue weighted by molar-refractivity contribution is -0.384. The lowest BCUT2D eigenvalue weighted by Crippen LogP contribution is -2.29. The lowest BCUT2D eigenvalue weighted by Gasteiger charge is -2.10. The van der Waals surface area contributed by atoms with E-state index in [2.05, 4.69) is 10.0 Å². The summed E-state index contributed by atoms with van der Waals surface area (Å²) in [6.07, 6.45) is 0. The third-order valence-electron chi connectivity index (χ3n) is 2.45. The molecule has 0 aliphatic heterocycles. The van der Waals surface area contributed by atoms with E-state index in [1.54, 1.807) is 13.0 Å². The van der Waals surface area contributed by atoms with Gasteiger partial charge in [-0.3, -0.25) is 10.1 Å². The molecule has 0 fully saturated rings. The number of rotatable bonds is 8. The number of nitrogens with zero attached hydrogens (tertiary/aromatic N) is 1. The van der Waals surface area contributed by atoms with E-state index in [4.69, 9.17) is 4.74 Å². The highest BCUT2D eigenvalue weighted by Gasteiger charge is 2.20. The Hall–Kier alpha value is -1.87. The molecule has 0 amide bonds. The number of benzene rings is 1. The van der Waals surface area contributed by atoms with Crippen molar-refractivity contribution in [1.29, 1.82) is 0 Å². The maximum absolute atomic E-state index is 11.5. The maximum Gasteiger partial charge on any atom is 0.333 e. The van der Waals surface area contributed by atoms with Crippen LogP contribution in [0.15, 0.2) is 18.2 Å². The fraction of sp³-hybridized carbons (Fsp3) is 0.455. The zero-order valence-corrected chi connectivity index (χ0v) is 12.1. The predicted molar refractivity (Wildman–Crippen MR) is 75.6 cm³/mol. The monoisotopic (exact) mass is 303 g/mol. The molecular weight excluding hydrogens is 286 g/mol. The number of nitro benzene ring substituents is 1. The Bertz CT molecular complexity index is 573. The minimum Gasteiger partial charge on any atom is -0.490 e. The summed E-state index contributed by atoms with van der Waals surface area (Å²) in [5.74, 6) is -0.0515. The molecule has 1 aromatic carbocycles. The van der Waals surface area contributed by atoms with E-state index in [0.717, 1.165) is 0 Å². The number of para-hydroxylation sites is 1. The van der Waals surface area contributed by atoms with Gasteiger partial charge in [-0.15, -0.1) is 0 Å². The van der Waals surface area contributed by atoms with Crippen molar-refractivity contribution in [2.45, 2.75) is 6.92 Å². The SMILES string of the molecule is CCNS(=O)(=O)CCNc1cccc(OC)c1[N+](=O)[O-]. The molecule has 8 nitrogen and oxygen atoms in total. The minimum absolute atomic E-state index is 0.0589. The van der Waals surface area contributed by atoms with Gasteiger partial charge in [0, 0.05) is 13.1 Å². The zero-order valence-electron chi connectivity index (χ0n) is 11.3. The van der Waals surface area contributed by atoms with E-state index in [1.807, 2.05) is 0 Å². The van der Waals surface area contributed by atoms with Gasteiger partial charge in [0.2, 0.25) is 10.0 Å². The van der Waals surface area contributed by atoms with Crippen molar-refractivity contribution in [2.24, 2.45) is 0 Å². The van der Waals surface area contributed by atoms with Crippen LogP contribution in [0.25, 0.3) is 0 Å². The van der Waals surface area contributed by atoms with Crippen LogP contribution in [0.4, 0.5) is 11.4 Å². The van der Waals surface area contributed by atoms with Crippen molar-refractivity contribution in [1.82, 2.24) is 4.72 Å². The highest BCUT2D eigenvalue weighted by Crippen LogP contribution is 2.34. The van der Waals surface area contributed by atoms with Gasteiger partial charge in [-0.1, -0.05) is 13.0 Å². The molecule has 0 saturated heterocycles. The smallest absolute Gasteiger partial charge is 0.333 e. The van der Waals surface area contributed by atoms with Gasteiger partial charge in [0.25, 0.3) is 0 Å². The molecular formula is C11H17N3O5S. The summed E-state index contributed by atoms with van der Waals surface area (Å²) in [5.41, 5.74) is 0.0110. The number of nitro groups is 1. The number of ether oxygens (including phenoxy) is 1. The van der Waals surface area contributed by atoms with Crippen molar-refractivity contribution >= 4 is 21.4 Å². The van der Waals surface area contributed by atoms with Gasteiger partial charge in [-0.25, -0.2) is 13.1 Å². The molecule has 0 bridgehead atoms. The molecule has 0 saturated carbocycles. The van der Waals surface area contributed by atoms with E-state index in [-0.39, 0.29) is 29.4 Å². The number of sulfonamides is 1. The van der Waals surface area contributed by atoms with Crippen LogP contribution in [0, 0.1) is 10.1 Å². The highest BCUT2D eigenvalue weighted by atomic mass is 32.2. The van der Waals surface area contributed by atoms with Gasteiger partial charge >= 0.3 is 5.69 Å². The van der Waals surface area contributed by atoms with Crippen LogP contribution >= 0.6 is 0 Å². The van der Waals surface area contributed by atoms with Gasteiger partial charge in [-0.05, 0) is 12.1 Å². The Labute approximate surface area is 117 Å². The summed E-state index contributed by atoms with van der Waals surface area (Å²) in [7, 11) is -2.03. The van der Waals surface area contributed by atoms with Crippen LogP contribution in [0.3, 0.4) is 0 Å². The third kappa shape index (κ3) is 4.35. The third-order valence-corrected chi connectivity index (χ3v) is 3.92. The van der Waals surface area contributed by atoms with Gasteiger partial charge in [0.05, 0.1) is 17.8 Å². The molecule has 0 heterocycles. The van der Waals surface area contributed by atoms with Crippen LogP contribution in [0.5, 0.6) is 5.75 Å². The molecule has 20 heavy (non-hydrogen) atoms. The first-order valence-electron chi connectivity index (χ1n) is 5.94. The van der Waals surface area contributed by atoms with Gasteiger partial charge in [0.1, 0.15) is 5.69 Å². The number of methoxy groups -OCH3 is 1. The summed E-state index contributed by atoms with van der Waals surface area (Å²) in [6, 6.07) is 4.56. The summed E-state index contributed by atoms with van der Waals surface area (Å²) >= 11 is 0. The second-order valence-electron chi connectivity index (χ2n) is 3.86. The zero-order chi connectivity index (χ0) is 15.2. The molecule has 2 N–H and O–H groups in total. The quantitative estimate of drug-likeness (QED) is 0.546. The molecule has 0 aliphatic carbocycles. The molecule has 0 atom stereocenters. The number of anilines is 1. The van der Waals surface area contributed by atoms with E-state index in [1.165, 1.54) is 19.2 Å². The molecule has 1 aromatic rings. The summed E-state index contributed by atoms with van der Waals surface area (Å²) in [6.45, 7) is 2.04. The van der Waals surface area contributed by atoms with Crippen LogP contribution in [-0.2, 0) is 10.0 Å². The van der Waals surface area contributed by atoms with Crippen molar-refractivity contribution in [2.75, 3.05) is 31.3 Å². The van der Waals surface area contributed by atoms with E-state index < -0.39 is 14.9 Å². The molecule has 112 valence electrons. The summed E-state index contributed by atoms with van der Waals surface area (Å²) < 4.78 is 30.2. The molecule has 9 heteroatoms. The standard InChI is InChI=1S/C11H17N3O5S/c1-3-13-20(17,18)8-7-12-9-5-4-6-10(19-2)11(9)14(15)16/h4-6,12-13H,3,7-8H2,1-2H3. The molecule has 1 rings (SSSR count). The topological polar surface area (TPSA) is 111 Å². The maximum atomic E-state index is 11.5. The molecule has 0 spiro atoms. The van der Waals surface area contributed by atoms with Gasteiger partial charge < -0.3 is 10.1 Å². The number of hydrogen-bond acceptors (Lipinski definition) is 6. The fourth-order valence-electron chi connectivity index (χ4n) is 1.63. The van der Waals surface area contributed by atoms with Crippen molar-refractivity contribution in [3.63, 3.8) is 0 Å². The minimum atomic E-state index is -3.36. The summed E-state index contributed by atoms with van der Waals surface area (Å²) in [4.78, 5) is 10.4. The second kappa shape index (κ2) is 7.06. The van der Waals surface area contributed by atoms with Crippen molar-refractivity contribution in [3.05, 3.63) is 28.3 Å². The van der Waals surface area contributed by atoms with Gasteiger partial charge in [0.15, 0.2) is 5.75 Å². The Morgan fingerprint density at radius 1 is 1.40 bits per heavy atom.